The van der Waals surface area contributed by atoms with Crippen molar-refractivity contribution in [2.45, 2.75) is 101 Å². The van der Waals surface area contributed by atoms with Crippen LogP contribution in [0.25, 0.3) is 0 Å². The number of rotatable bonds is 5. The summed E-state index contributed by atoms with van der Waals surface area (Å²) in [5.41, 5.74) is 1.75. The number of ether oxygens (including phenoxy) is 1. The number of alkyl carbamates (subject to hydrolysis) is 1. The third kappa shape index (κ3) is 17.1. The van der Waals surface area contributed by atoms with Crippen molar-refractivity contribution in [3.8, 4) is 0 Å². The smallest absolute Gasteiger partial charge is 0.407 e. The van der Waals surface area contributed by atoms with E-state index in [9.17, 15) is 4.79 Å². The van der Waals surface area contributed by atoms with Gasteiger partial charge in [-0.05, 0) is 47.5 Å². The number of hydrogen-bond acceptors (Lipinski definition) is 3. The maximum atomic E-state index is 11.4. The number of nitrogens with one attached hydrogen (secondary N) is 2. The summed E-state index contributed by atoms with van der Waals surface area (Å²) in [6, 6.07) is 0. The molecule has 0 aliphatic carbocycles. The number of aryl methyl sites for hydroxylation is 3. The lowest BCUT2D eigenvalue weighted by Gasteiger charge is -2.19. The lowest BCUT2D eigenvalue weighted by molar-refractivity contribution is 0.0527. The molecule has 0 unspecified atom stereocenters. The molecule has 1 amide bonds. The molecule has 1 aromatic heterocycles. The zero-order valence-corrected chi connectivity index (χ0v) is 18.6. The van der Waals surface area contributed by atoms with Gasteiger partial charge in [0.05, 0.1) is 5.69 Å². The standard InChI is InChI=1S/C14H25N3O2.3C2H6/c1-10-11(2)17-12(16-10)8-6-7-9-15-13(18)19-14(3,4)5;3*1-2/h6-9H2,1-5H3,(H,15,18)(H,16,17);3*1-2H3. The Hall–Kier alpha value is -1.52. The van der Waals surface area contributed by atoms with E-state index in [1.54, 1.807) is 0 Å². The fourth-order valence-electron chi connectivity index (χ4n) is 1.66. The van der Waals surface area contributed by atoms with Crippen molar-refractivity contribution in [3.63, 3.8) is 0 Å². The Labute approximate surface area is 156 Å². The molecule has 150 valence electrons. The number of amides is 1. The number of aromatic amines is 1. The molecule has 1 rings (SSSR count). The fourth-order valence-corrected chi connectivity index (χ4v) is 1.66. The number of H-pyrrole nitrogens is 1. The highest BCUT2D eigenvalue weighted by Crippen LogP contribution is 2.07. The van der Waals surface area contributed by atoms with Gasteiger partial charge in [-0.1, -0.05) is 41.5 Å². The lowest BCUT2D eigenvalue weighted by Crippen LogP contribution is -2.33. The van der Waals surface area contributed by atoms with Crippen molar-refractivity contribution in [2.75, 3.05) is 6.54 Å². The van der Waals surface area contributed by atoms with E-state index >= 15 is 0 Å². The number of aromatic nitrogens is 2. The van der Waals surface area contributed by atoms with Crippen molar-refractivity contribution in [3.05, 3.63) is 17.2 Å². The average Bonchev–Trinajstić information content (AvgIpc) is 2.89. The van der Waals surface area contributed by atoms with Crippen molar-refractivity contribution in [2.24, 2.45) is 0 Å². The molecule has 5 heteroatoms. The molecule has 2 N–H and O–H groups in total. The van der Waals surface area contributed by atoms with Crippen LogP contribution in [0.4, 0.5) is 4.79 Å². The zero-order valence-electron chi connectivity index (χ0n) is 18.6. The normalized spacial score (nSPS) is 9.40. The first-order valence-corrected chi connectivity index (χ1v) is 9.77. The zero-order chi connectivity index (χ0) is 20.5. The molecule has 0 aromatic carbocycles. The highest BCUT2D eigenvalue weighted by atomic mass is 16.6. The van der Waals surface area contributed by atoms with Crippen molar-refractivity contribution >= 4 is 6.09 Å². The predicted molar refractivity (Wildman–Crippen MR) is 109 cm³/mol. The Kier molecular flexibility index (Phi) is 19.6. The van der Waals surface area contributed by atoms with E-state index in [0.29, 0.717) is 6.54 Å². The second-order valence-corrected chi connectivity index (χ2v) is 5.78. The maximum absolute atomic E-state index is 11.4. The van der Waals surface area contributed by atoms with Gasteiger partial charge in [0.1, 0.15) is 11.4 Å². The molecule has 0 bridgehead atoms. The SMILES string of the molecule is CC.CC.CC.Cc1nc(CCCCNC(=O)OC(C)(C)C)[nH]c1C. The van der Waals surface area contributed by atoms with E-state index in [1.807, 2.05) is 76.2 Å². The number of imidazole rings is 1. The summed E-state index contributed by atoms with van der Waals surface area (Å²) in [4.78, 5) is 19.1. The van der Waals surface area contributed by atoms with Crippen LogP contribution in [0.5, 0.6) is 0 Å². The van der Waals surface area contributed by atoms with E-state index in [4.69, 9.17) is 4.74 Å². The summed E-state index contributed by atoms with van der Waals surface area (Å²) in [7, 11) is 0. The minimum atomic E-state index is -0.437. The second-order valence-electron chi connectivity index (χ2n) is 5.78. The molecule has 1 aromatic rings. The van der Waals surface area contributed by atoms with Crippen LogP contribution >= 0.6 is 0 Å². The molecule has 0 saturated carbocycles. The van der Waals surface area contributed by atoms with E-state index in [0.717, 1.165) is 36.5 Å². The quantitative estimate of drug-likeness (QED) is 0.640. The van der Waals surface area contributed by atoms with Crippen LogP contribution in [0.15, 0.2) is 0 Å². The Morgan fingerprint density at radius 3 is 1.96 bits per heavy atom. The summed E-state index contributed by atoms with van der Waals surface area (Å²) in [5, 5.41) is 2.75. The summed E-state index contributed by atoms with van der Waals surface area (Å²) in [6.45, 7) is 22.2. The van der Waals surface area contributed by atoms with Gasteiger partial charge in [-0.2, -0.15) is 0 Å². The molecular weight excluding hydrogens is 314 g/mol. The molecule has 0 radical (unpaired) electrons. The topological polar surface area (TPSA) is 67.0 Å². The summed E-state index contributed by atoms with van der Waals surface area (Å²) >= 11 is 0. The third-order valence-electron chi connectivity index (χ3n) is 2.69. The highest BCUT2D eigenvalue weighted by Gasteiger charge is 2.15. The number of nitrogens with zero attached hydrogens (tertiary/aromatic N) is 1. The molecule has 0 spiro atoms. The monoisotopic (exact) mass is 357 g/mol. The van der Waals surface area contributed by atoms with Crippen molar-refractivity contribution < 1.29 is 9.53 Å². The average molecular weight is 358 g/mol. The van der Waals surface area contributed by atoms with Gasteiger partial charge in [0.25, 0.3) is 0 Å². The minimum absolute atomic E-state index is 0.350. The van der Waals surface area contributed by atoms with Gasteiger partial charge >= 0.3 is 6.09 Å². The van der Waals surface area contributed by atoms with Gasteiger partial charge in [-0.3, -0.25) is 0 Å². The number of hydrogen-bond donors (Lipinski definition) is 2. The first kappa shape index (κ1) is 28.3. The van der Waals surface area contributed by atoms with E-state index in [-0.39, 0.29) is 6.09 Å². The molecule has 0 aliphatic rings. The van der Waals surface area contributed by atoms with Crippen LogP contribution in [0.2, 0.25) is 0 Å². The Bertz CT molecular complexity index is 402. The van der Waals surface area contributed by atoms with Gasteiger partial charge in [0.2, 0.25) is 0 Å². The molecular formula is C20H43N3O2. The van der Waals surface area contributed by atoms with Gasteiger partial charge in [-0.25, -0.2) is 9.78 Å². The molecule has 0 atom stereocenters. The molecule has 0 saturated heterocycles. The number of carbonyl (C=O) groups excluding carboxylic acids is 1. The largest absolute Gasteiger partial charge is 0.444 e. The molecule has 0 fully saturated rings. The van der Waals surface area contributed by atoms with Crippen LogP contribution in [0.3, 0.4) is 0 Å². The second kappa shape index (κ2) is 17.3. The first-order valence-electron chi connectivity index (χ1n) is 9.77. The van der Waals surface area contributed by atoms with Crippen LogP contribution in [0, 0.1) is 13.8 Å². The molecule has 5 nitrogen and oxygen atoms in total. The van der Waals surface area contributed by atoms with Crippen LogP contribution in [-0.4, -0.2) is 28.2 Å². The van der Waals surface area contributed by atoms with E-state index < -0.39 is 5.60 Å². The minimum Gasteiger partial charge on any atom is -0.444 e. The van der Waals surface area contributed by atoms with Crippen molar-refractivity contribution in [1.29, 1.82) is 0 Å². The van der Waals surface area contributed by atoms with Gasteiger partial charge in [-0.15, -0.1) is 0 Å². The Balaban J connectivity index is -0.000000725. The predicted octanol–water partition coefficient (Wildman–Crippen LogP) is 5.95. The Morgan fingerprint density at radius 2 is 1.56 bits per heavy atom. The lowest BCUT2D eigenvalue weighted by atomic mass is 10.2. The van der Waals surface area contributed by atoms with Crippen LogP contribution in [-0.2, 0) is 11.2 Å². The number of carbonyl (C=O) groups is 1. The van der Waals surface area contributed by atoms with Gasteiger partial charge in [0, 0.05) is 18.7 Å². The van der Waals surface area contributed by atoms with Crippen LogP contribution < -0.4 is 5.32 Å². The number of unbranched alkanes of at least 4 members (excludes halogenated alkanes) is 1. The highest BCUT2D eigenvalue weighted by molar-refractivity contribution is 5.67. The molecule has 25 heavy (non-hydrogen) atoms. The van der Waals surface area contributed by atoms with Crippen LogP contribution in [0.1, 0.15) is 92.4 Å². The van der Waals surface area contributed by atoms with Crippen molar-refractivity contribution in [1.82, 2.24) is 15.3 Å². The third-order valence-corrected chi connectivity index (χ3v) is 2.69. The summed E-state index contributed by atoms with van der Waals surface area (Å²) in [6.07, 6.45) is 2.46. The maximum Gasteiger partial charge on any atom is 0.407 e. The summed E-state index contributed by atoms with van der Waals surface area (Å²) < 4.78 is 5.15. The van der Waals surface area contributed by atoms with E-state index in [1.165, 1.54) is 0 Å². The molecule has 1 heterocycles. The molecule has 0 aliphatic heterocycles. The van der Waals surface area contributed by atoms with Gasteiger partial charge < -0.3 is 15.0 Å². The van der Waals surface area contributed by atoms with E-state index in [2.05, 4.69) is 15.3 Å². The Morgan fingerprint density at radius 1 is 1.04 bits per heavy atom. The summed E-state index contributed by atoms with van der Waals surface area (Å²) in [5.74, 6) is 1.02. The fraction of sp³-hybridized carbons (Fsp3) is 0.800. The van der Waals surface area contributed by atoms with Gasteiger partial charge in [0.15, 0.2) is 0 Å². The first-order chi connectivity index (χ1) is 11.8.